The van der Waals surface area contributed by atoms with Crippen molar-refractivity contribution in [3.8, 4) is 0 Å². The number of hydrogen-bond donors (Lipinski definition) is 0. The van der Waals surface area contributed by atoms with E-state index in [1.807, 2.05) is 6.92 Å². The van der Waals surface area contributed by atoms with Crippen molar-refractivity contribution in [3.63, 3.8) is 0 Å². The zero-order chi connectivity index (χ0) is 14.5. The Balaban J connectivity index is 2.49. The molecule has 0 N–H and O–H groups in total. The van der Waals surface area contributed by atoms with E-state index in [1.165, 1.54) is 6.92 Å². The van der Waals surface area contributed by atoms with E-state index in [1.54, 1.807) is 0 Å². The molecule has 0 aromatic rings. The van der Waals surface area contributed by atoms with Crippen LogP contribution in [0.1, 0.15) is 53.4 Å². The van der Waals surface area contributed by atoms with Gasteiger partial charge < -0.3 is 9.47 Å². The molecule has 4 nitrogen and oxygen atoms in total. The lowest BCUT2D eigenvalue weighted by molar-refractivity contribution is -0.153. The number of cyclic esters (lactones) is 1. The van der Waals surface area contributed by atoms with Crippen molar-refractivity contribution in [1.82, 2.24) is 0 Å². The second-order valence-corrected chi connectivity index (χ2v) is 5.88. The molecule has 2 atom stereocenters. The summed E-state index contributed by atoms with van der Waals surface area (Å²) >= 11 is 0. The molecule has 2 unspecified atom stereocenters. The van der Waals surface area contributed by atoms with Crippen LogP contribution in [0.15, 0.2) is 0 Å². The average molecular weight is 270 g/mol. The molecule has 0 amide bonds. The fourth-order valence-electron chi connectivity index (χ4n) is 2.50. The van der Waals surface area contributed by atoms with E-state index in [9.17, 15) is 9.59 Å². The van der Waals surface area contributed by atoms with Crippen molar-refractivity contribution < 1.29 is 19.1 Å². The van der Waals surface area contributed by atoms with Gasteiger partial charge >= 0.3 is 5.97 Å². The van der Waals surface area contributed by atoms with Gasteiger partial charge in [0, 0.05) is 13.0 Å². The molecule has 0 aliphatic carbocycles. The molecule has 1 aliphatic rings. The lowest BCUT2D eigenvalue weighted by Gasteiger charge is -2.20. The molecule has 0 aromatic heterocycles. The normalized spacial score (nSPS) is 26.8. The van der Waals surface area contributed by atoms with Gasteiger partial charge in [0.05, 0.1) is 6.61 Å². The maximum atomic E-state index is 12.0. The van der Waals surface area contributed by atoms with Crippen molar-refractivity contribution in [3.05, 3.63) is 0 Å². The monoisotopic (exact) mass is 270 g/mol. The molecule has 0 aromatic carbocycles. The molecule has 1 rings (SSSR count). The third-order valence-electron chi connectivity index (χ3n) is 3.73. The number of carbonyl (C=O) groups excluding carboxylic acids is 2. The first-order valence-corrected chi connectivity index (χ1v) is 7.22. The Morgan fingerprint density at radius 1 is 1.53 bits per heavy atom. The average Bonchev–Trinajstić information content (AvgIpc) is 2.63. The lowest BCUT2D eigenvalue weighted by atomic mass is 9.77. The number of hydrogen-bond acceptors (Lipinski definition) is 4. The molecule has 1 aliphatic heterocycles. The molecular weight excluding hydrogens is 244 g/mol. The van der Waals surface area contributed by atoms with E-state index in [0.29, 0.717) is 32.0 Å². The summed E-state index contributed by atoms with van der Waals surface area (Å²) < 4.78 is 10.9. The highest BCUT2D eigenvalue weighted by Gasteiger charge is 2.51. The lowest BCUT2D eigenvalue weighted by Crippen LogP contribution is -2.34. The zero-order valence-electron chi connectivity index (χ0n) is 12.5. The van der Waals surface area contributed by atoms with Gasteiger partial charge in [0.15, 0.2) is 0 Å². The minimum Gasteiger partial charge on any atom is -0.459 e. The van der Waals surface area contributed by atoms with Crippen molar-refractivity contribution in [2.45, 2.75) is 59.5 Å². The number of rotatable bonds is 8. The summed E-state index contributed by atoms with van der Waals surface area (Å²) in [4.78, 5) is 23.8. The molecule has 1 saturated heterocycles. The van der Waals surface area contributed by atoms with Crippen LogP contribution >= 0.6 is 0 Å². The number of ether oxygens (including phenoxy) is 2. The summed E-state index contributed by atoms with van der Waals surface area (Å²) in [5, 5.41) is 0. The zero-order valence-corrected chi connectivity index (χ0v) is 12.5. The number of carbonyl (C=O) groups is 2. The maximum absolute atomic E-state index is 12.0. The molecule has 0 radical (unpaired) electrons. The van der Waals surface area contributed by atoms with E-state index < -0.39 is 5.41 Å². The molecule has 0 saturated carbocycles. The van der Waals surface area contributed by atoms with Gasteiger partial charge in [0.1, 0.15) is 17.3 Å². The van der Waals surface area contributed by atoms with E-state index >= 15 is 0 Å². The van der Waals surface area contributed by atoms with Gasteiger partial charge in [0.25, 0.3) is 0 Å². The molecule has 0 bridgehead atoms. The Labute approximate surface area is 115 Å². The van der Waals surface area contributed by atoms with Gasteiger partial charge in [-0.05, 0) is 25.7 Å². The van der Waals surface area contributed by atoms with E-state index in [-0.39, 0.29) is 17.9 Å². The minimum atomic E-state index is -0.916. The Morgan fingerprint density at radius 2 is 2.21 bits per heavy atom. The SMILES string of the molecule is CCCC1(C(C)=O)CC(COCCC(C)C)OC1=O. The Bertz CT molecular complexity index is 324. The number of Topliss-reactive ketones (excluding diaryl/α,β-unsaturated/α-hetero) is 1. The van der Waals surface area contributed by atoms with Crippen LogP contribution in [0.3, 0.4) is 0 Å². The molecule has 4 heteroatoms. The largest absolute Gasteiger partial charge is 0.459 e. The molecule has 0 spiro atoms. The third kappa shape index (κ3) is 4.03. The standard InChI is InChI=1S/C15H26O4/c1-5-7-15(12(4)16)9-13(19-14(15)17)10-18-8-6-11(2)3/h11,13H,5-10H2,1-4H3. The van der Waals surface area contributed by atoms with Gasteiger partial charge in [-0.15, -0.1) is 0 Å². The van der Waals surface area contributed by atoms with Crippen LogP contribution in [-0.4, -0.2) is 31.1 Å². The fraction of sp³-hybridized carbons (Fsp3) is 0.867. The summed E-state index contributed by atoms with van der Waals surface area (Å²) in [5.74, 6) is 0.158. The highest BCUT2D eigenvalue weighted by Crippen LogP contribution is 2.39. The maximum Gasteiger partial charge on any atom is 0.320 e. The topological polar surface area (TPSA) is 52.6 Å². The smallest absolute Gasteiger partial charge is 0.320 e. The molecule has 1 fully saturated rings. The molecular formula is C15H26O4. The Kier molecular flexibility index (Phi) is 5.98. The van der Waals surface area contributed by atoms with Gasteiger partial charge in [-0.2, -0.15) is 0 Å². The summed E-state index contributed by atoms with van der Waals surface area (Å²) in [6, 6.07) is 0. The predicted octanol–water partition coefficient (Wildman–Crippen LogP) is 2.74. The third-order valence-corrected chi connectivity index (χ3v) is 3.73. The van der Waals surface area contributed by atoms with Crippen LogP contribution in [0.2, 0.25) is 0 Å². The second kappa shape index (κ2) is 7.04. The molecule has 19 heavy (non-hydrogen) atoms. The van der Waals surface area contributed by atoms with Crippen LogP contribution in [0.5, 0.6) is 0 Å². The van der Waals surface area contributed by atoms with Gasteiger partial charge in [-0.1, -0.05) is 27.2 Å². The van der Waals surface area contributed by atoms with Crippen LogP contribution in [0.4, 0.5) is 0 Å². The number of esters is 1. The first kappa shape index (κ1) is 16.2. The van der Waals surface area contributed by atoms with Crippen LogP contribution in [0, 0.1) is 11.3 Å². The quantitative estimate of drug-likeness (QED) is 0.386. The van der Waals surface area contributed by atoms with Gasteiger partial charge in [-0.25, -0.2) is 0 Å². The number of ketones is 1. The van der Waals surface area contributed by atoms with Crippen molar-refractivity contribution in [2.75, 3.05) is 13.2 Å². The van der Waals surface area contributed by atoms with E-state index in [4.69, 9.17) is 9.47 Å². The second-order valence-electron chi connectivity index (χ2n) is 5.88. The van der Waals surface area contributed by atoms with Crippen LogP contribution in [-0.2, 0) is 19.1 Å². The van der Waals surface area contributed by atoms with Gasteiger partial charge in [0.2, 0.25) is 0 Å². The summed E-state index contributed by atoms with van der Waals surface area (Å²) in [6.45, 7) is 8.81. The van der Waals surface area contributed by atoms with Gasteiger partial charge in [-0.3, -0.25) is 9.59 Å². The molecule has 1 heterocycles. The van der Waals surface area contributed by atoms with Crippen LogP contribution < -0.4 is 0 Å². The first-order chi connectivity index (χ1) is 8.92. The first-order valence-electron chi connectivity index (χ1n) is 7.22. The van der Waals surface area contributed by atoms with Crippen molar-refractivity contribution in [2.24, 2.45) is 11.3 Å². The Hall–Kier alpha value is -0.900. The summed E-state index contributed by atoms with van der Waals surface area (Å²) in [5.41, 5.74) is -0.916. The summed E-state index contributed by atoms with van der Waals surface area (Å²) in [7, 11) is 0. The summed E-state index contributed by atoms with van der Waals surface area (Å²) in [6.07, 6.45) is 2.57. The van der Waals surface area contributed by atoms with E-state index in [0.717, 1.165) is 12.8 Å². The highest BCUT2D eigenvalue weighted by atomic mass is 16.6. The minimum absolute atomic E-state index is 0.0796. The van der Waals surface area contributed by atoms with Crippen molar-refractivity contribution in [1.29, 1.82) is 0 Å². The predicted molar refractivity (Wildman–Crippen MR) is 72.8 cm³/mol. The Morgan fingerprint density at radius 3 is 2.74 bits per heavy atom. The van der Waals surface area contributed by atoms with Crippen molar-refractivity contribution >= 4 is 11.8 Å². The van der Waals surface area contributed by atoms with E-state index in [2.05, 4.69) is 13.8 Å². The van der Waals surface area contributed by atoms with Crippen LogP contribution in [0.25, 0.3) is 0 Å². The highest BCUT2D eigenvalue weighted by molar-refractivity contribution is 6.03. The fourth-order valence-corrected chi connectivity index (χ4v) is 2.50. The molecule has 110 valence electrons.